The van der Waals surface area contributed by atoms with Crippen molar-refractivity contribution in [2.24, 2.45) is 12.8 Å². The van der Waals surface area contributed by atoms with Gasteiger partial charge in [-0.25, -0.2) is 4.98 Å². The molecule has 0 saturated heterocycles. The number of hydrogen-bond donors (Lipinski definition) is 2. The molecule has 0 aliphatic heterocycles. The van der Waals surface area contributed by atoms with Gasteiger partial charge in [-0.1, -0.05) is 0 Å². The SMILES string of the molecule is Cn1ccnc1C(N)Cc1cnccc1N. The highest BCUT2D eigenvalue weighted by Gasteiger charge is 2.12. The molecule has 0 amide bonds. The van der Waals surface area contributed by atoms with Crippen LogP contribution >= 0.6 is 0 Å². The number of nitrogens with two attached hydrogens (primary N) is 2. The van der Waals surface area contributed by atoms with Crippen LogP contribution in [0.5, 0.6) is 0 Å². The van der Waals surface area contributed by atoms with Crippen molar-refractivity contribution in [3.05, 3.63) is 42.2 Å². The molecule has 0 fully saturated rings. The number of nitrogen functional groups attached to an aromatic ring is 1. The minimum atomic E-state index is -0.161. The summed E-state index contributed by atoms with van der Waals surface area (Å²) in [6, 6.07) is 1.62. The summed E-state index contributed by atoms with van der Waals surface area (Å²) < 4.78 is 1.91. The van der Waals surface area contributed by atoms with Gasteiger partial charge in [0.2, 0.25) is 0 Å². The lowest BCUT2D eigenvalue weighted by Gasteiger charge is -2.12. The molecule has 0 spiro atoms. The predicted octanol–water partition coefficient (Wildman–Crippen LogP) is 0.640. The van der Waals surface area contributed by atoms with Crippen molar-refractivity contribution in [2.75, 3.05) is 5.73 Å². The van der Waals surface area contributed by atoms with Crippen molar-refractivity contribution < 1.29 is 0 Å². The van der Waals surface area contributed by atoms with E-state index in [9.17, 15) is 0 Å². The van der Waals surface area contributed by atoms with E-state index in [0.29, 0.717) is 6.42 Å². The van der Waals surface area contributed by atoms with Gasteiger partial charge in [0.15, 0.2) is 0 Å². The van der Waals surface area contributed by atoms with Crippen LogP contribution in [0.4, 0.5) is 5.69 Å². The summed E-state index contributed by atoms with van der Waals surface area (Å²) in [5.74, 6) is 0.850. The van der Waals surface area contributed by atoms with Crippen LogP contribution in [-0.2, 0) is 13.5 Å². The lowest BCUT2D eigenvalue weighted by molar-refractivity contribution is 0.632. The lowest BCUT2D eigenvalue weighted by atomic mass is 10.1. The van der Waals surface area contributed by atoms with E-state index in [0.717, 1.165) is 17.1 Å². The van der Waals surface area contributed by atoms with Crippen molar-refractivity contribution in [2.45, 2.75) is 12.5 Å². The molecule has 0 bridgehead atoms. The third-order valence-corrected chi connectivity index (χ3v) is 2.57. The quantitative estimate of drug-likeness (QED) is 0.790. The number of anilines is 1. The summed E-state index contributed by atoms with van der Waals surface area (Å²) >= 11 is 0. The van der Waals surface area contributed by atoms with Gasteiger partial charge in [0.25, 0.3) is 0 Å². The van der Waals surface area contributed by atoms with Gasteiger partial charge in [-0.2, -0.15) is 0 Å². The second-order valence-corrected chi connectivity index (χ2v) is 3.78. The minimum Gasteiger partial charge on any atom is -0.398 e. The standard InChI is InChI=1S/C11H15N5/c1-16-5-4-15-11(16)10(13)6-8-7-14-3-2-9(8)12/h2-5,7,10H,6,13H2,1H3,(H2,12,14). The van der Waals surface area contributed by atoms with E-state index in [1.165, 1.54) is 0 Å². The molecule has 0 aromatic carbocycles. The van der Waals surface area contributed by atoms with Crippen molar-refractivity contribution in [3.63, 3.8) is 0 Å². The molecule has 1 unspecified atom stereocenters. The van der Waals surface area contributed by atoms with Gasteiger partial charge in [-0.15, -0.1) is 0 Å². The zero-order valence-electron chi connectivity index (χ0n) is 9.17. The molecule has 0 radical (unpaired) electrons. The first-order valence-electron chi connectivity index (χ1n) is 5.09. The van der Waals surface area contributed by atoms with E-state index >= 15 is 0 Å². The van der Waals surface area contributed by atoms with Crippen LogP contribution in [0, 0.1) is 0 Å². The second-order valence-electron chi connectivity index (χ2n) is 3.78. The Hall–Kier alpha value is -1.88. The molecule has 5 heteroatoms. The monoisotopic (exact) mass is 217 g/mol. The first-order valence-corrected chi connectivity index (χ1v) is 5.09. The molecule has 2 rings (SSSR count). The van der Waals surface area contributed by atoms with Gasteiger partial charge in [-0.05, 0) is 18.1 Å². The number of aromatic nitrogens is 3. The molecular weight excluding hydrogens is 202 g/mol. The summed E-state index contributed by atoms with van der Waals surface area (Å²) in [5.41, 5.74) is 13.6. The van der Waals surface area contributed by atoms with Crippen molar-refractivity contribution >= 4 is 5.69 Å². The number of rotatable bonds is 3. The first-order chi connectivity index (χ1) is 7.68. The number of imidazole rings is 1. The average molecular weight is 217 g/mol. The van der Waals surface area contributed by atoms with E-state index in [-0.39, 0.29) is 6.04 Å². The van der Waals surface area contributed by atoms with Gasteiger partial charge in [0.1, 0.15) is 5.82 Å². The van der Waals surface area contributed by atoms with Crippen molar-refractivity contribution in [1.82, 2.24) is 14.5 Å². The smallest absolute Gasteiger partial charge is 0.125 e. The highest BCUT2D eigenvalue weighted by molar-refractivity contribution is 5.44. The number of hydrogen-bond acceptors (Lipinski definition) is 4. The maximum Gasteiger partial charge on any atom is 0.125 e. The van der Waals surface area contributed by atoms with E-state index in [2.05, 4.69) is 9.97 Å². The molecule has 0 aliphatic carbocycles. The molecule has 0 saturated carbocycles. The van der Waals surface area contributed by atoms with Crippen LogP contribution in [-0.4, -0.2) is 14.5 Å². The Bertz CT molecular complexity index is 477. The zero-order valence-corrected chi connectivity index (χ0v) is 9.17. The summed E-state index contributed by atoms with van der Waals surface area (Å²) in [6.07, 6.45) is 7.68. The predicted molar refractivity (Wildman–Crippen MR) is 62.5 cm³/mol. The fraction of sp³-hybridized carbons (Fsp3) is 0.273. The third kappa shape index (κ3) is 2.04. The zero-order chi connectivity index (χ0) is 11.5. The van der Waals surface area contributed by atoms with Gasteiger partial charge >= 0.3 is 0 Å². The van der Waals surface area contributed by atoms with Gasteiger partial charge in [0, 0.05) is 37.5 Å². The minimum absolute atomic E-state index is 0.161. The van der Waals surface area contributed by atoms with E-state index < -0.39 is 0 Å². The molecule has 1 atom stereocenters. The number of nitrogens with zero attached hydrogens (tertiary/aromatic N) is 3. The van der Waals surface area contributed by atoms with Crippen LogP contribution in [0.3, 0.4) is 0 Å². The van der Waals surface area contributed by atoms with Crippen LogP contribution in [0.15, 0.2) is 30.9 Å². The van der Waals surface area contributed by atoms with E-state index in [4.69, 9.17) is 11.5 Å². The van der Waals surface area contributed by atoms with Crippen LogP contribution < -0.4 is 11.5 Å². The topological polar surface area (TPSA) is 82.8 Å². The molecule has 16 heavy (non-hydrogen) atoms. The first kappa shape index (κ1) is 10.6. The fourth-order valence-corrected chi connectivity index (χ4v) is 1.67. The van der Waals surface area contributed by atoms with Gasteiger partial charge < -0.3 is 16.0 Å². The van der Waals surface area contributed by atoms with E-state index in [1.807, 2.05) is 17.8 Å². The van der Waals surface area contributed by atoms with Gasteiger partial charge in [-0.3, -0.25) is 4.98 Å². The fourth-order valence-electron chi connectivity index (χ4n) is 1.67. The van der Waals surface area contributed by atoms with Gasteiger partial charge in [0.05, 0.1) is 6.04 Å². The highest BCUT2D eigenvalue weighted by Crippen LogP contribution is 2.17. The Kier molecular flexibility index (Phi) is 2.87. The molecule has 2 heterocycles. The maximum absolute atomic E-state index is 6.07. The Labute approximate surface area is 94.1 Å². The maximum atomic E-state index is 6.07. The van der Waals surface area contributed by atoms with Crippen LogP contribution in [0.25, 0.3) is 0 Å². The largest absolute Gasteiger partial charge is 0.398 e. The molecule has 84 valence electrons. The lowest BCUT2D eigenvalue weighted by Crippen LogP contribution is -2.18. The second kappa shape index (κ2) is 4.32. The molecule has 2 aromatic rings. The van der Waals surface area contributed by atoms with Crippen molar-refractivity contribution in [3.8, 4) is 0 Å². The Morgan fingerprint density at radius 1 is 1.44 bits per heavy atom. The summed E-state index contributed by atoms with van der Waals surface area (Å²) in [7, 11) is 1.93. The van der Waals surface area contributed by atoms with Crippen molar-refractivity contribution in [1.29, 1.82) is 0 Å². The molecule has 2 aromatic heterocycles. The highest BCUT2D eigenvalue weighted by atomic mass is 15.1. The Morgan fingerprint density at radius 3 is 2.88 bits per heavy atom. The van der Waals surface area contributed by atoms with E-state index in [1.54, 1.807) is 24.7 Å². The number of pyridine rings is 1. The molecule has 4 N–H and O–H groups in total. The number of aryl methyl sites for hydroxylation is 1. The molecule has 5 nitrogen and oxygen atoms in total. The van der Waals surface area contributed by atoms with Crippen LogP contribution in [0.1, 0.15) is 17.4 Å². The summed E-state index contributed by atoms with van der Waals surface area (Å²) in [5, 5.41) is 0. The normalized spacial score (nSPS) is 12.6. The molecule has 0 aliphatic rings. The summed E-state index contributed by atoms with van der Waals surface area (Å²) in [6.45, 7) is 0. The average Bonchev–Trinajstić information content (AvgIpc) is 2.68. The summed E-state index contributed by atoms with van der Waals surface area (Å²) in [4.78, 5) is 8.26. The molecular formula is C11H15N5. The Balaban J connectivity index is 2.17. The third-order valence-electron chi connectivity index (χ3n) is 2.57. The Morgan fingerprint density at radius 2 is 2.25 bits per heavy atom. The van der Waals surface area contributed by atoms with Crippen LogP contribution in [0.2, 0.25) is 0 Å².